The first-order valence-electron chi connectivity index (χ1n) is 6.91. The number of fused-ring (bicyclic) bond motifs is 1. The van der Waals surface area contributed by atoms with Gasteiger partial charge in [-0.2, -0.15) is 4.52 Å². The van der Waals surface area contributed by atoms with Gasteiger partial charge in [-0.15, -0.1) is 15.3 Å². The van der Waals surface area contributed by atoms with E-state index in [1.165, 1.54) is 12.8 Å². The Morgan fingerprint density at radius 2 is 2.11 bits per heavy atom. The van der Waals surface area contributed by atoms with Gasteiger partial charge >= 0.3 is 0 Å². The van der Waals surface area contributed by atoms with E-state index in [4.69, 9.17) is 10.5 Å². The van der Waals surface area contributed by atoms with Crippen molar-refractivity contribution in [3.8, 4) is 5.88 Å². The molecule has 3 rings (SSSR count). The van der Waals surface area contributed by atoms with Crippen LogP contribution < -0.4 is 10.5 Å². The van der Waals surface area contributed by atoms with Crippen molar-refractivity contribution in [1.29, 1.82) is 0 Å². The third kappa shape index (κ3) is 2.22. The second-order valence-electron chi connectivity index (χ2n) is 5.06. The number of nitrogens with two attached hydrogens (primary N) is 1. The Morgan fingerprint density at radius 1 is 1.37 bits per heavy atom. The maximum atomic E-state index is 5.92. The summed E-state index contributed by atoms with van der Waals surface area (Å²) in [4.78, 5) is 0. The minimum atomic E-state index is 0.190. The first kappa shape index (κ1) is 12.2. The third-order valence-electron chi connectivity index (χ3n) is 3.62. The molecular formula is C13H19N5O. The molecule has 1 aliphatic rings. The summed E-state index contributed by atoms with van der Waals surface area (Å²) in [5.41, 5.74) is 7.72. The predicted molar refractivity (Wildman–Crippen MR) is 72.2 cm³/mol. The van der Waals surface area contributed by atoms with Gasteiger partial charge < -0.3 is 10.5 Å². The largest absolute Gasteiger partial charge is 0.473 e. The minimum Gasteiger partial charge on any atom is -0.473 e. The molecule has 1 saturated carbocycles. The predicted octanol–water partition coefficient (Wildman–Crippen LogP) is 2.15. The van der Waals surface area contributed by atoms with Crippen molar-refractivity contribution in [2.75, 3.05) is 5.73 Å². The lowest BCUT2D eigenvalue weighted by Gasteiger charge is -2.15. The van der Waals surface area contributed by atoms with E-state index in [1.54, 1.807) is 4.52 Å². The number of aromatic nitrogens is 4. The van der Waals surface area contributed by atoms with Crippen LogP contribution in [0.5, 0.6) is 5.88 Å². The summed E-state index contributed by atoms with van der Waals surface area (Å²) in [6, 6.07) is 2.00. The highest BCUT2D eigenvalue weighted by molar-refractivity contribution is 5.54. The molecule has 0 aromatic carbocycles. The summed E-state index contributed by atoms with van der Waals surface area (Å²) in [5, 5.41) is 12.4. The Hall–Kier alpha value is -1.85. The first-order chi connectivity index (χ1) is 9.22. The number of hydrogen-bond acceptors (Lipinski definition) is 5. The van der Waals surface area contributed by atoms with E-state index in [0.717, 1.165) is 24.1 Å². The first-order valence-corrected chi connectivity index (χ1v) is 6.91. The van der Waals surface area contributed by atoms with E-state index in [-0.39, 0.29) is 6.10 Å². The highest BCUT2D eigenvalue weighted by Gasteiger charge is 2.28. The molecule has 0 spiro atoms. The molecular weight excluding hydrogens is 242 g/mol. The summed E-state index contributed by atoms with van der Waals surface area (Å²) in [6.45, 7) is 4.23. The van der Waals surface area contributed by atoms with Crippen molar-refractivity contribution in [3.63, 3.8) is 0 Å². The number of nitrogen functional groups attached to an aromatic ring is 1. The molecule has 0 amide bonds. The summed E-state index contributed by atoms with van der Waals surface area (Å²) in [6.07, 6.45) is 4.50. The van der Waals surface area contributed by atoms with Gasteiger partial charge in [-0.3, -0.25) is 0 Å². The van der Waals surface area contributed by atoms with E-state index in [2.05, 4.69) is 29.1 Å². The van der Waals surface area contributed by atoms with Gasteiger partial charge in [-0.1, -0.05) is 13.8 Å². The lowest BCUT2D eigenvalue weighted by atomic mass is 10.2. The second-order valence-corrected chi connectivity index (χ2v) is 5.06. The minimum absolute atomic E-state index is 0.190. The molecule has 19 heavy (non-hydrogen) atoms. The van der Waals surface area contributed by atoms with E-state index >= 15 is 0 Å². The molecule has 0 aliphatic heterocycles. The number of hydrogen-bond donors (Lipinski definition) is 1. The van der Waals surface area contributed by atoms with Crippen LogP contribution in [0.2, 0.25) is 0 Å². The Balaban J connectivity index is 2.02. The van der Waals surface area contributed by atoms with Crippen LogP contribution in [0.15, 0.2) is 6.07 Å². The van der Waals surface area contributed by atoms with Crippen molar-refractivity contribution in [2.24, 2.45) is 0 Å². The van der Waals surface area contributed by atoms with Gasteiger partial charge in [-0.05, 0) is 31.6 Å². The van der Waals surface area contributed by atoms with Crippen molar-refractivity contribution < 1.29 is 4.74 Å². The van der Waals surface area contributed by atoms with Crippen molar-refractivity contribution in [1.82, 2.24) is 19.8 Å². The summed E-state index contributed by atoms with van der Waals surface area (Å²) in [7, 11) is 0. The van der Waals surface area contributed by atoms with Crippen LogP contribution in [0.1, 0.15) is 51.0 Å². The number of nitrogens with zero attached hydrogens (tertiary/aromatic N) is 4. The zero-order chi connectivity index (χ0) is 13.4. The van der Waals surface area contributed by atoms with Crippen LogP contribution in [0.4, 0.5) is 5.95 Å². The van der Waals surface area contributed by atoms with E-state index in [0.29, 0.717) is 17.7 Å². The zero-order valence-electron chi connectivity index (χ0n) is 11.3. The molecule has 1 aliphatic carbocycles. The van der Waals surface area contributed by atoms with Gasteiger partial charge in [-0.25, -0.2) is 0 Å². The van der Waals surface area contributed by atoms with Gasteiger partial charge in [0, 0.05) is 11.6 Å². The van der Waals surface area contributed by atoms with E-state index in [9.17, 15) is 0 Å². The molecule has 6 nitrogen and oxygen atoms in total. The van der Waals surface area contributed by atoms with Crippen LogP contribution in [0, 0.1) is 0 Å². The van der Waals surface area contributed by atoms with Gasteiger partial charge in [0.2, 0.25) is 11.8 Å². The topological polar surface area (TPSA) is 78.3 Å². The summed E-state index contributed by atoms with van der Waals surface area (Å²) < 4.78 is 7.51. The summed E-state index contributed by atoms with van der Waals surface area (Å²) in [5.74, 6) is 1.49. The van der Waals surface area contributed by atoms with Crippen molar-refractivity contribution in [2.45, 2.75) is 51.6 Å². The van der Waals surface area contributed by atoms with Crippen LogP contribution in [-0.4, -0.2) is 25.9 Å². The van der Waals surface area contributed by atoms with Crippen LogP contribution >= 0.6 is 0 Å². The monoisotopic (exact) mass is 261 g/mol. The molecule has 2 heterocycles. The quantitative estimate of drug-likeness (QED) is 0.892. The fourth-order valence-electron chi connectivity index (χ4n) is 2.27. The Morgan fingerprint density at radius 3 is 2.74 bits per heavy atom. The average Bonchev–Trinajstić information content (AvgIpc) is 3.21. The number of rotatable bonds is 5. The number of anilines is 1. The highest BCUT2D eigenvalue weighted by Crippen LogP contribution is 2.42. The van der Waals surface area contributed by atoms with Crippen molar-refractivity contribution in [3.05, 3.63) is 11.6 Å². The normalized spacial score (nSPS) is 15.3. The molecule has 6 heteroatoms. The molecule has 1 fully saturated rings. The standard InChI is InChI=1S/C13H19N5O/c1-3-9(4-2)19-11-7-10(8-5-6-8)12-15-16-13(14)18(12)17-11/h7-9H,3-6H2,1-2H3,(H2,14,16). The van der Waals surface area contributed by atoms with Crippen LogP contribution in [0.25, 0.3) is 5.65 Å². The molecule has 0 saturated heterocycles. The second kappa shape index (κ2) is 4.68. The zero-order valence-corrected chi connectivity index (χ0v) is 11.3. The van der Waals surface area contributed by atoms with E-state index in [1.807, 2.05) is 6.07 Å². The Bertz CT molecular complexity index is 586. The molecule has 0 unspecified atom stereocenters. The van der Waals surface area contributed by atoms with Crippen LogP contribution in [-0.2, 0) is 0 Å². The lowest BCUT2D eigenvalue weighted by molar-refractivity contribution is 0.182. The van der Waals surface area contributed by atoms with Gasteiger partial charge in [0.05, 0.1) is 6.10 Å². The molecule has 0 radical (unpaired) electrons. The van der Waals surface area contributed by atoms with Crippen LogP contribution in [0.3, 0.4) is 0 Å². The number of ether oxygens (including phenoxy) is 1. The molecule has 0 bridgehead atoms. The maximum absolute atomic E-state index is 5.92. The van der Waals surface area contributed by atoms with Gasteiger partial charge in [0.1, 0.15) is 0 Å². The summed E-state index contributed by atoms with van der Waals surface area (Å²) >= 11 is 0. The average molecular weight is 261 g/mol. The van der Waals surface area contributed by atoms with Gasteiger partial charge in [0.15, 0.2) is 5.65 Å². The Kier molecular flexibility index (Phi) is 3.00. The fourth-order valence-corrected chi connectivity index (χ4v) is 2.27. The smallest absolute Gasteiger partial charge is 0.243 e. The molecule has 0 atom stereocenters. The maximum Gasteiger partial charge on any atom is 0.243 e. The molecule has 2 aromatic rings. The van der Waals surface area contributed by atoms with E-state index < -0.39 is 0 Å². The van der Waals surface area contributed by atoms with Crippen molar-refractivity contribution >= 4 is 11.6 Å². The molecule has 2 N–H and O–H groups in total. The highest BCUT2D eigenvalue weighted by atomic mass is 16.5. The Labute approximate surface area is 112 Å². The molecule has 102 valence electrons. The lowest BCUT2D eigenvalue weighted by Crippen LogP contribution is -2.16. The SMILES string of the molecule is CCC(CC)Oc1cc(C2CC2)c2nnc(N)n2n1. The third-order valence-corrected chi connectivity index (χ3v) is 3.62. The molecule has 2 aromatic heterocycles. The fraction of sp³-hybridized carbons (Fsp3) is 0.615. The van der Waals surface area contributed by atoms with Gasteiger partial charge in [0.25, 0.3) is 0 Å².